The first kappa shape index (κ1) is 10.8. The van der Waals surface area contributed by atoms with Gasteiger partial charge in [-0.15, -0.1) is 0 Å². The molecule has 0 unspecified atom stereocenters. The molecule has 0 bridgehead atoms. The van der Waals surface area contributed by atoms with E-state index in [0.29, 0.717) is 6.79 Å². The predicted octanol–water partition coefficient (Wildman–Crippen LogP) is 1.44. The minimum atomic E-state index is 0.0840. The third kappa shape index (κ3) is 2.27. The van der Waals surface area contributed by atoms with E-state index in [1.54, 1.807) is 18.9 Å². The number of hydrogen-bond acceptors (Lipinski definition) is 3. The first-order valence-corrected chi connectivity index (χ1v) is 5.27. The topological polar surface area (TPSA) is 38.8 Å². The fraction of sp³-hybridized carbons (Fsp3) is 0.417. The van der Waals surface area contributed by atoms with Gasteiger partial charge < -0.3 is 14.4 Å². The molecule has 0 atom stereocenters. The summed E-state index contributed by atoms with van der Waals surface area (Å²) in [5.41, 5.74) is 1.15. The standard InChI is InChI=1S/C12H15NO3/c1-9(14)13(2)6-5-10-3-4-11-12(7-10)16-8-15-11/h3-4,7H,5-6,8H2,1-2H3. The lowest BCUT2D eigenvalue weighted by Crippen LogP contribution is -2.26. The average molecular weight is 221 g/mol. The zero-order valence-electron chi connectivity index (χ0n) is 9.53. The largest absolute Gasteiger partial charge is 0.454 e. The van der Waals surface area contributed by atoms with E-state index < -0.39 is 0 Å². The second-order valence-electron chi connectivity index (χ2n) is 3.88. The molecule has 16 heavy (non-hydrogen) atoms. The third-order valence-corrected chi connectivity index (χ3v) is 2.71. The van der Waals surface area contributed by atoms with Gasteiger partial charge in [-0.25, -0.2) is 0 Å². The van der Waals surface area contributed by atoms with E-state index in [-0.39, 0.29) is 5.91 Å². The molecule has 0 saturated heterocycles. The van der Waals surface area contributed by atoms with Crippen LogP contribution in [0.3, 0.4) is 0 Å². The van der Waals surface area contributed by atoms with Crippen LogP contribution in [0, 0.1) is 0 Å². The quantitative estimate of drug-likeness (QED) is 0.775. The van der Waals surface area contributed by atoms with Crippen molar-refractivity contribution in [3.05, 3.63) is 23.8 Å². The van der Waals surface area contributed by atoms with Crippen LogP contribution in [0.2, 0.25) is 0 Å². The molecule has 4 heteroatoms. The summed E-state index contributed by atoms with van der Waals surface area (Å²) in [4.78, 5) is 12.7. The molecule has 2 rings (SSSR count). The molecular formula is C12H15NO3. The van der Waals surface area contributed by atoms with Crippen LogP contribution in [0.15, 0.2) is 18.2 Å². The van der Waals surface area contributed by atoms with Crippen molar-refractivity contribution in [1.29, 1.82) is 0 Å². The van der Waals surface area contributed by atoms with E-state index in [1.807, 2.05) is 18.2 Å². The van der Waals surface area contributed by atoms with Gasteiger partial charge in [0.1, 0.15) is 0 Å². The molecule has 4 nitrogen and oxygen atoms in total. The van der Waals surface area contributed by atoms with Gasteiger partial charge >= 0.3 is 0 Å². The first-order valence-electron chi connectivity index (χ1n) is 5.27. The molecule has 0 fully saturated rings. The number of amides is 1. The van der Waals surface area contributed by atoms with Gasteiger partial charge in [-0.05, 0) is 24.1 Å². The van der Waals surface area contributed by atoms with Gasteiger partial charge in [0.25, 0.3) is 0 Å². The molecule has 0 saturated carbocycles. The van der Waals surface area contributed by atoms with Gasteiger partial charge in [-0.1, -0.05) is 6.07 Å². The van der Waals surface area contributed by atoms with Crippen LogP contribution in [-0.4, -0.2) is 31.2 Å². The Bertz CT molecular complexity index is 403. The molecule has 0 aromatic heterocycles. The smallest absolute Gasteiger partial charge is 0.231 e. The Kier molecular flexibility index (Phi) is 2.99. The van der Waals surface area contributed by atoms with Crippen LogP contribution >= 0.6 is 0 Å². The first-order chi connectivity index (χ1) is 7.66. The number of hydrogen-bond donors (Lipinski definition) is 0. The molecule has 1 aromatic carbocycles. The Morgan fingerprint density at radius 2 is 2.12 bits per heavy atom. The SMILES string of the molecule is CC(=O)N(C)CCc1ccc2c(c1)OCO2. The van der Waals surface area contributed by atoms with Crippen LogP contribution in [0.4, 0.5) is 0 Å². The van der Waals surface area contributed by atoms with Crippen molar-refractivity contribution in [2.45, 2.75) is 13.3 Å². The molecule has 86 valence electrons. The van der Waals surface area contributed by atoms with Gasteiger partial charge in [0.2, 0.25) is 12.7 Å². The van der Waals surface area contributed by atoms with Crippen molar-refractivity contribution in [3.63, 3.8) is 0 Å². The molecule has 1 amide bonds. The van der Waals surface area contributed by atoms with Crippen molar-refractivity contribution in [2.24, 2.45) is 0 Å². The van der Waals surface area contributed by atoms with E-state index in [2.05, 4.69) is 0 Å². The lowest BCUT2D eigenvalue weighted by Gasteiger charge is -2.14. The lowest BCUT2D eigenvalue weighted by atomic mass is 10.1. The maximum Gasteiger partial charge on any atom is 0.231 e. The van der Waals surface area contributed by atoms with E-state index in [0.717, 1.165) is 30.0 Å². The van der Waals surface area contributed by atoms with Crippen LogP contribution in [-0.2, 0) is 11.2 Å². The number of carbonyl (C=O) groups is 1. The van der Waals surface area contributed by atoms with E-state index in [9.17, 15) is 4.79 Å². The van der Waals surface area contributed by atoms with Gasteiger partial charge in [-0.2, -0.15) is 0 Å². The zero-order valence-corrected chi connectivity index (χ0v) is 9.53. The van der Waals surface area contributed by atoms with E-state index in [4.69, 9.17) is 9.47 Å². The molecule has 0 spiro atoms. The Labute approximate surface area is 94.8 Å². The number of rotatable bonds is 3. The summed E-state index contributed by atoms with van der Waals surface area (Å²) in [6, 6.07) is 5.88. The summed E-state index contributed by atoms with van der Waals surface area (Å²) in [5, 5.41) is 0. The molecule has 1 aliphatic heterocycles. The highest BCUT2D eigenvalue weighted by Gasteiger charge is 2.13. The monoisotopic (exact) mass is 221 g/mol. The molecule has 1 aliphatic rings. The molecule has 0 N–H and O–H groups in total. The van der Waals surface area contributed by atoms with Crippen molar-refractivity contribution >= 4 is 5.91 Å². The van der Waals surface area contributed by atoms with Crippen molar-refractivity contribution in [3.8, 4) is 11.5 Å². The summed E-state index contributed by atoms with van der Waals surface area (Å²) < 4.78 is 10.5. The minimum absolute atomic E-state index is 0.0840. The maximum atomic E-state index is 11.0. The molecule has 1 aromatic rings. The van der Waals surface area contributed by atoms with Gasteiger partial charge in [-0.3, -0.25) is 4.79 Å². The summed E-state index contributed by atoms with van der Waals surface area (Å²) in [6.07, 6.45) is 0.826. The second kappa shape index (κ2) is 4.43. The highest BCUT2D eigenvalue weighted by atomic mass is 16.7. The maximum absolute atomic E-state index is 11.0. The van der Waals surface area contributed by atoms with E-state index >= 15 is 0 Å². The Hall–Kier alpha value is -1.71. The van der Waals surface area contributed by atoms with Crippen LogP contribution in [0.5, 0.6) is 11.5 Å². The number of fused-ring (bicyclic) bond motifs is 1. The molecular weight excluding hydrogens is 206 g/mol. The minimum Gasteiger partial charge on any atom is -0.454 e. The Morgan fingerprint density at radius 3 is 2.88 bits per heavy atom. The van der Waals surface area contributed by atoms with Gasteiger partial charge in [0.05, 0.1) is 0 Å². The summed E-state index contributed by atoms with van der Waals surface area (Å²) in [6.45, 7) is 2.58. The van der Waals surface area contributed by atoms with E-state index in [1.165, 1.54) is 0 Å². The van der Waals surface area contributed by atoms with Gasteiger partial charge in [0.15, 0.2) is 11.5 Å². The van der Waals surface area contributed by atoms with Crippen LogP contribution < -0.4 is 9.47 Å². The fourth-order valence-electron chi connectivity index (χ4n) is 1.55. The average Bonchev–Trinajstić information content (AvgIpc) is 2.72. The summed E-state index contributed by atoms with van der Waals surface area (Å²) in [5.74, 6) is 1.67. The summed E-state index contributed by atoms with van der Waals surface area (Å²) >= 11 is 0. The fourth-order valence-corrected chi connectivity index (χ4v) is 1.55. The predicted molar refractivity (Wildman–Crippen MR) is 59.6 cm³/mol. The Balaban J connectivity index is 1.98. The number of ether oxygens (including phenoxy) is 2. The van der Waals surface area contributed by atoms with Crippen molar-refractivity contribution < 1.29 is 14.3 Å². The van der Waals surface area contributed by atoms with Crippen molar-refractivity contribution in [2.75, 3.05) is 20.4 Å². The Morgan fingerprint density at radius 1 is 1.38 bits per heavy atom. The van der Waals surface area contributed by atoms with Crippen LogP contribution in [0.25, 0.3) is 0 Å². The normalized spacial score (nSPS) is 12.6. The lowest BCUT2D eigenvalue weighted by molar-refractivity contribution is -0.127. The number of benzene rings is 1. The zero-order chi connectivity index (χ0) is 11.5. The highest BCUT2D eigenvalue weighted by molar-refractivity contribution is 5.72. The number of likely N-dealkylation sites (N-methyl/N-ethyl adjacent to an activating group) is 1. The van der Waals surface area contributed by atoms with Crippen molar-refractivity contribution in [1.82, 2.24) is 4.90 Å². The van der Waals surface area contributed by atoms with Gasteiger partial charge in [0, 0.05) is 20.5 Å². The molecule has 0 radical (unpaired) electrons. The summed E-state index contributed by atoms with van der Waals surface area (Å²) in [7, 11) is 1.80. The van der Waals surface area contributed by atoms with Crippen LogP contribution in [0.1, 0.15) is 12.5 Å². The molecule has 0 aliphatic carbocycles. The highest BCUT2D eigenvalue weighted by Crippen LogP contribution is 2.32. The number of carbonyl (C=O) groups excluding carboxylic acids is 1. The molecule has 1 heterocycles. The second-order valence-corrected chi connectivity index (χ2v) is 3.88. The number of nitrogens with zero attached hydrogens (tertiary/aromatic N) is 1. The third-order valence-electron chi connectivity index (χ3n) is 2.71.